The lowest BCUT2D eigenvalue weighted by Crippen LogP contribution is -2.24. The number of benzene rings is 2. The molecule has 7 heteroatoms. The predicted octanol–water partition coefficient (Wildman–Crippen LogP) is 4.31. The van der Waals surface area contributed by atoms with Crippen LogP contribution in [0.25, 0.3) is 0 Å². The molecule has 0 aliphatic rings. The van der Waals surface area contributed by atoms with Crippen molar-refractivity contribution in [2.24, 2.45) is 0 Å². The monoisotopic (exact) mass is 411 g/mol. The first-order valence-electron chi connectivity index (χ1n) is 9.16. The van der Waals surface area contributed by atoms with Crippen LogP contribution in [0.1, 0.15) is 27.9 Å². The number of rotatable bonds is 6. The number of nitrogens with one attached hydrogen (secondary N) is 2. The second-order valence-corrected chi connectivity index (χ2v) is 7.79. The summed E-state index contributed by atoms with van der Waals surface area (Å²) in [6.45, 7) is 5.64. The molecule has 29 heavy (non-hydrogen) atoms. The maximum Gasteiger partial charge on any atom is 0.255 e. The summed E-state index contributed by atoms with van der Waals surface area (Å²) in [5.74, 6) is 0.000193. The Morgan fingerprint density at radius 2 is 1.86 bits per heavy atom. The SMILES string of the molecule is Cc1cccc(NC(=O)Cc2c(C)nc(SCc3ccc(F)cc3)[nH]c2=O)c1C. The number of amides is 1. The molecule has 0 bridgehead atoms. The zero-order valence-corrected chi connectivity index (χ0v) is 17.3. The van der Waals surface area contributed by atoms with Gasteiger partial charge in [-0.05, 0) is 55.7 Å². The van der Waals surface area contributed by atoms with E-state index in [1.165, 1.54) is 23.9 Å². The average Bonchev–Trinajstić information content (AvgIpc) is 2.68. The van der Waals surface area contributed by atoms with Crippen LogP contribution in [0, 0.1) is 26.6 Å². The molecule has 0 fully saturated rings. The number of H-pyrrole nitrogens is 1. The molecule has 1 amide bonds. The van der Waals surface area contributed by atoms with E-state index in [4.69, 9.17) is 0 Å². The Bertz CT molecular complexity index is 1090. The van der Waals surface area contributed by atoms with E-state index in [2.05, 4.69) is 15.3 Å². The first kappa shape index (κ1) is 20.8. The molecule has 0 saturated carbocycles. The molecule has 2 aromatic carbocycles. The Morgan fingerprint density at radius 3 is 2.55 bits per heavy atom. The third kappa shape index (κ3) is 5.32. The normalized spacial score (nSPS) is 10.8. The van der Waals surface area contributed by atoms with Gasteiger partial charge in [0.2, 0.25) is 5.91 Å². The topological polar surface area (TPSA) is 74.8 Å². The van der Waals surface area contributed by atoms with Crippen LogP contribution in [0.4, 0.5) is 10.1 Å². The molecular formula is C22H22FN3O2S. The number of hydrogen-bond donors (Lipinski definition) is 2. The summed E-state index contributed by atoms with van der Waals surface area (Å²) in [4.78, 5) is 32.1. The molecule has 1 aromatic heterocycles. The van der Waals surface area contributed by atoms with Crippen molar-refractivity contribution < 1.29 is 9.18 Å². The summed E-state index contributed by atoms with van der Waals surface area (Å²) in [7, 11) is 0. The van der Waals surface area contributed by atoms with Crippen molar-refractivity contribution in [1.82, 2.24) is 9.97 Å². The Labute approximate surface area is 172 Å². The lowest BCUT2D eigenvalue weighted by atomic mass is 10.1. The van der Waals surface area contributed by atoms with Gasteiger partial charge in [-0.1, -0.05) is 36.0 Å². The number of carbonyl (C=O) groups is 1. The molecule has 0 unspecified atom stereocenters. The minimum Gasteiger partial charge on any atom is -0.326 e. The van der Waals surface area contributed by atoms with E-state index in [1.807, 2.05) is 32.0 Å². The fourth-order valence-electron chi connectivity index (χ4n) is 2.83. The Balaban J connectivity index is 1.68. The van der Waals surface area contributed by atoms with Crippen molar-refractivity contribution in [3.05, 3.63) is 86.6 Å². The third-order valence-corrected chi connectivity index (χ3v) is 5.65. The third-order valence-electron chi connectivity index (χ3n) is 4.71. The van der Waals surface area contributed by atoms with E-state index >= 15 is 0 Å². The molecular weight excluding hydrogens is 389 g/mol. The van der Waals surface area contributed by atoms with E-state index in [9.17, 15) is 14.0 Å². The van der Waals surface area contributed by atoms with E-state index < -0.39 is 0 Å². The number of anilines is 1. The van der Waals surface area contributed by atoms with Gasteiger partial charge in [0.1, 0.15) is 5.82 Å². The van der Waals surface area contributed by atoms with Crippen LogP contribution >= 0.6 is 11.8 Å². The van der Waals surface area contributed by atoms with Crippen LogP contribution < -0.4 is 10.9 Å². The molecule has 0 aliphatic carbocycles. The van der Waals surface area contributed by atoms with Crippen LogP contribution in [-0.2, 0) is 17.0 Å². The minimum absolute atomic E-state index is 0.0511. The van der Waals surface area contributed by atoms with Gasteiger partial charge in [0.15, 0.2) is 5.16 Å². The fraction of sp³-hybridized carbons (Fsp3) is 0.227. The maximum absolute atomic E-state index is 13.0. The Hall–Kier alpha value is -2.93. The van der Waals surface area contributed by atoms with E-state index in [0.717, 1.165) is 22.4 Å². The van der Waals surface area contributed by atoms with Gasteiger partial charge in [-0.15, -0.1) is 0 Å². The van der Waals surface area contributed by atoms with E-state index in [0.29, 0.717) is 22.2 Å². The first-order chi connectivity index (χ1) is 13.8. The zero-order chi connectivity index (χ0) is 21.0. The average molecular weight is 412 g/mol. The highest BCUT2D eigenvalue weighted by molar-refractivity contribution is 7.98. The second kappa shape index (κ2) is 9.05. The van der Waals surface area contributed by atoms with Gasteiger partial charge in [-0.25, -0.2) is 9.37 Å². The minimum atomic E-state index is -0.324. The number of nitrogens with zero attached hydrogens (tertiary/aromatic N) is 1. The number of aryl methyl sites for hydroxylation is 2. The van der Waals surface area contributed by atoms with Gasteiger partial charge in [-0.2, -0.15) is 0 Å². The molecule has 0 atom stereocenters. The van der Waals surface area contributed by atoms with Gasteiger partial charge < -0.3 is 10.3 Å². The summed E-state index contributed by atoms with van der Waals surface area (Å²) in [5, 5.41) is 3.33. The second-order valence-electron chi connectivity index (χ2n) is 6.82. The molecule has 0 radical (unpaired) electrons. The van der Waals surface area contributed by atoms with Gasteiger partial charge in [0, 0.05) is 22.7 Å². The number of carbonyl (C=O) groups excluding carboxylic acids is 1. The van der Waals surface area contributed by atoms with Crippen molar-refractivity contribution in [1.29, 1.82) is 0 Å². The van der Waals surface area contributed by atoms with Crippen LogP contribution in [0.5, 0.6) is 0 Å². The quantitative estimate of drug-likeness (QED) is 0.468. The van der Waals surface area contributed by atoms with Crippen molar-refractivity contribution in [2.45, 2.75) is 38.1 Å². The molecule has 0 spiro atoms. The summed E-state index contributed by atoms with van der Waals surface area (Å²) in [6.07, 6.45) is -0.0511. The number of thioether (sulfide) groups is 1. The zero-order valence-electron chi connectivity index (χ0n) is 16.5. The highest BCUT2D eigenvalue weighted by Gasteiger charge is 2.14. The molecule has 0 aliphatic heterocycles. The van der Waals surface area contributed by atoms with Crippen LogP contribution in [-0.4, -0.2) is 15.9 Å². The van der Waals surface area contributed by atoms with Crippen molar-refractivity contribution >= 4 is 23.4 Å². The summed E-state index contributed by atoms with van der Waals surface area (Å²) < 4.78 is 13.0. The molecule has 150 valence electrons. The van der Waals surface area contributed by atoms with Gasteiger partial charge in [-0.3, -0.25) is 9.59 Å². The van der Waals surface area contributed by atoms with Crippen molar-refractivity contribution in [3.63, 3.8) is 0 Å². The van der Waals surface area contributed by atoms with Crippen LogP contribution in [0.2, 0.25) is 0 Å². The van der Waals surface area contributed by atoms with Crippen LogP contribution in [0.3, 0.4) is 0 Å². The van der Waals surface area contributed by atoms with Crippen molar-refractivity contribution in [2.75, 3.05) is 5.32 Å². The van der Waals surface area contributed by atoms with Crippen LogP contribution in [0.15, 0.2) is 52.4 Å². The molecule has 3 rings (SSSR count). The highest BCUT2D eigenvalue weighted by Crippen LogP contribution is 2.20. The molecule has 2 N–H and O–H groups in total. The fourth-order valence-corrected chi connectivity index (χ4v) is 3.70. The van der Waals surface area contributed by atoms with Gasteiger partial charge in [0.25, 0.3) is 5.56 Å². The standard InChI is InChI=1S/C22H22FN3O2S/c1-13-5-4-6-19(14(13)2)25-20(27)11-18-15(3)24-22(26-21(18)28)29-12-16-7-9-17(23)10-8-16/h4-10H,11-12H2,1-3H3,(H,25,27)(H,24,26,28). The van der Waals surface area contributed by atoms with E-state index in [-0.39, 0.29) is 23.7 Å². The summed E-state index contributed by atoms with van der Waals surface area (Å²) in [6, 6.07) is 11.9. The smallest absolute Gasteiger partial charge is 0.255 e. The molecule has 1 heterocycles. The highest BCUT2D eigenvalue weighted by atomic mass is 32.2. The molecule has 0 saturated heterocycles. The number of hydrogen-bond acceptors (Lipinski definition) is 4. The number of halogens is 1. The predicted molar refractivity (Wildman–Crippen MR) is 114 cm³/mol. The maximum atomic E-state index is 13.0. The van der Waals surface area contributed by atoms with E-state index in [1.54, 1.807) is 19.1 Å². The Kier molecular flexibility index (Phi) is 6.49. The molecule has 5 nitrogen and oxygen atoms in total. The first-order valence-corrected chi connectivity index (χ1v) is 10.1. The van der Waals surface area contributed by atoms with Gasteiger partial charge >= 0.3 is 0 Å². The molecule has 3 aromatic rings. The van der Waals surface area contributed by atoms with Crippen molar-refractivity contribution in [3.8, 4) is 0 Å². The largest absolute Gasteiger partial charge is 0.326 e. The lowest BCUT2D eigenvalue weighted by molar-refractivity contribution is -0.115. The number of aromatic nitrogens is 2. The number of aromatic amines is 1. The lowest BCUT2D eigenvalue weighted by Gasteiger charge is -2.11. The Morgan fingerprint density at radius 1 is 1.14 bits per heavy atom. The summed E-state index contributed by atoms with van der Waals surface area (Å²) in [5.41, 5.74) is 4.29. The van der Waals surface area contributed by atoms with Gasteiger partial charge in [0.05, 0.1) is 6.42 Å². The summed E-state index contributed by atoms with van der Waals surface area (Å²) >= 11 is 1.35.